The van der Waals surface area contributed by atoms with Crippen molar-refractivity contribution in [3.63, 3.8) is 0 Å². The first kappa shape index (κ1) is 20.7. The monoisotopic (exact) mass is 441 g/mol. The van der Waals surface area contributed by atoms with Gasteiger partial charge in [-0.3, -0.25) is 4.90 Å². The van der Waals surface area contributed by atoms with Crippen LogP contribution in [0.4, 0.5) is 13.2 Å². The van der Waals surface area contributed by atoms with E-state index in [2.05, 4.69) is 19.4 Å². The fourth-order valence-corrected chi connectivity index (χ4v) is 4.09. The fraction of sp³-hybridized carbons (Fsp3) is 0.304. The van der Waals surface area contributed by atoms with E-state index in [0.717, 1.165) is 41.4 Å². The summed E-state index contributed by atoms with van der Waals surface area (Å²) in [6.45, 7) is 2.45. The number of aromatic amines is 1. The Morgan fingerprint density at radius 3 is 2.66 bits per heavy atom. The topological polar surface area (TPSA) is 59.0 Å². The molecule has 32 heavy (non-hydrogen) atoms. The van der Waals surface area contributed by atoms with E-state index in [-0.39, 0.29) is 6.04 Å². The maximum absolute atomic E-state index is 12.8. The van der Waals surface area contributed by atoms with Gasteiger partial charge >= 0.3 is 6.18 Å². The lowest BCUT2D eigenvalue weighted by molar-refractivity contribution is -0.137. The number of ether oxygens (including phenoxy) is 1. The molecule has 1 atom stereocenters. The number of H-pyrrole nitrogens is 1. The number of hydrogen-bond acceptors (Lipinski definition) is 4. The van der Waals surface area contributed by atoms with Crippen LogP contribution >= 0.6 is 0 Å². The first-order chi connectivity index (χ1) is 15.4. The highest BCUT2D eigenvalue weighted by atomic mass is 19.4. The number of morpholine rings is 1. The number of para-hydroxylation sites is 2. The highest BCUT2D eigenvalue weighted by Gasteiger charge is 2.31. The summed E-state index contributed by atoms with van der Waals surface area (Å²) in [4.78, 5) is 14.8. The molecule has 0 amide bonds. The number of hydrogen-bond donors (Lipinski definition) is 1. The second-order valence-electron chi connectivity index (χ2n) is 7.89. The second kappa shape index (κ2) is 8.07. The molecule has 166 valence electrons. The molecule has 5 rings (SSSR count). The van der Waals surface area contributed by atoms with Gasteiger partial charge in [0.2, 0.25) is 0 Å². The average Bonchev–Trinajstić information content (AvgIpc) is 3.40. The van der Waals surface area contributed by atoms with Gasteiger partial charge < -0.3 is 14.3 Å². The zero-order valence-corrected chi connectivity index (χ0v) is 17.4. The Balaban J connectivity index is 1.38. The summed E-state index contributed by atoms with van der Waals surface area (Å²) < 4.78 is 46.3. The third-order valence-electron chi connectivity index (χ3n) is 5.90. The molecule has 2 aromatic heterocycles. The maximum Gasteiger partial charge on any atom is 0.416 e. The first-order valence-electron chi connectivity index (χ1n) is 10.3. The molecule has 3 heterocycles. The molecule has 1 aliphatic rings. The smallest absolute Gasteiger partial charge is 0.378 e. The lowest BCUT2D eigenvalue weighted by Crippen LogP contribution is -2.40. The Morgan fingerprint density at radius 1 is 1.12 bits per heavy atom. The van der Waals surface area contributed by atoms with Gasteiger partial charge in [-0.2, -0.15) is 13.2 Å². The zero-order valence-electron chi connectivity index (χ0n) is 17.4. The molecule has 0 bridgehead atoms. The SMILES string of the molecule is Cn1c(CN2CCOC[C@H]2c2ncc(-c3ccc(C(F)(F)F)cc3)[nH]2)nc2ccccc21. The van der Waals surface area contributed by atoms with E-state index in [1.54, 1.807) is 6.20 Å². The maximum atomic E-state index is 12.8. The highest BCUT2D eigenvalue weighted by Crippen LogP contribution is 2.31. The van der Waals surface area contributed by atoms with Gasteiger partial charge in [0, 0.05) is 13.6 Å². The standard InChI is InChI=1S/C23H22F3N5O/c1-30-19-5-3-2-4-17(19)28-21(30)13-31-10-11-32-14-20(31)22-27-12-18(29-22)15-6-8-16(9-7-15)23(24,25)26/h2-9,12,20H,10-11,13-14H2,1H3,(H,27,29)/t20-/m0/s1. The number of aryl methyl sites for hydroxylation is 1. The van der Waals surface area contributed by atoms with Gasteiger partial charge in [-0.25, -0.2) is 9.97 Å². The third-order valence-corrected chi connectivity index (χ3v) is 5.90. The molecule has 0 unspecified atom stereocenters. The fourth-order valence-electron chi connectivity index (χ4n) is 4.09. The van der Waals surface area contributed by atoms with Crippen LogP contribution in [0.1, 0.15) is 23.3 Å². The van der Waals surface area contributed by atoms with E-state index in [9.17, 15) is 13.2 Å². The summed E-state index contributed by atoms with van der Waals surface area (Å²) in [5.74, 6) is 1.67. The Hall–Kier alpha value is -3.17. The van der Waals surface area contributed by atoms with Gasteiger partial charge in [0.1, 0.15) is 11.6 Å². The van der Waals surface area contributed by atoms with Gasteiger partial charge in [-0.05, 0) is 29.8 Å². The summed E-state index contributed by atoms with van der Waals surface area (Å²) in [7, 11) is 2.01. The van der Waals surface area contributed by atoms with Crippen molar-refractivity contribution in [2.75, 3.05) is 19.8 Å². The van der Waals surface area contributed by atoms with Gasteiger partial charge in [0.25, 0.3) is 0 Å². The summed E-state index contributed by atoms with van der Waals surface area (Å²) in [5.41, 5.74) is 2.68. The van der Waals surface area contributed by atoms with Crippen molar-refractivity contribution in [2.45, 2.75) is 18.8 Å². The molecule has 0 saturated carbocycles. The van der Waals surface area contributed by atoms with Crippen LogP contribution in [0, 0.1) is 0 Å². The van der Waals surface area contributed by atoms with Gasteiger partial charge in [0.15, 0.2) is 0 Å². The van der Waals surface area contributed by atoms with Crippen LogP contribution in [0.3, 0.4) is 0 Å². The van der Waals surface area contributed by atoms with Crippen LogP contribution in [0.5, 0.6) is 0 Å². The molecular formula is C23H22F3N5O. The van der Waals surface area contributed by atoms with Crippen LogP contribution in [0.25, 0.3) is 22.3 Å². The quantitative estimate of drug-likeness (QED) is 0.505. The lowest BCUT2D eigenvalue weighted by Gasteiger charge is -2.34. The molecular weight excluding hydrogens is 419 g/mol. The molecule has 2 aromatic carbocycles. The van der Waals surface area contributed by atoms with Crippen molar-refractivity contribution in [1.29, 1.82) is 0 Å². The lowest BCUT2D eigenvalue weighted by atomic mass is 10.1. The molecule has 1 aliphatic heterocycles. The van der Waals surface area contributed by atoms with Gasteiger partial charge in [-0.1, -0.05) is 24.3 Å². The number of nitrogens with one attached hydrogen (secondary N) is 1. The van der Waals surface area contributed by atoms with E-state index in [0.29, 0.717) is 31.0 Å². The van der Waals surface area contributed by atoms with Gasteiger partial charge in [-0.15, -0.1) is 0 Å². The molecule has 1 N–H and O–H groups in total. The van der Waals surface area contributed by atoms with Crippen LogP contribution in [-0.4, -0.2) is 44.2 Å². The molecule has 0 radical (unpaired) electrons. The molecule has 0 aliphatic carbocycles. The minimum absolute atomic E-state index is 0.105. The Kier molecular flexibility index (Phi) is 5.22. The minimum Gasteiger partial charge on any atom is -0.378 e. The van der Waals surface area contributed by atoms with E-state index >= 15 is 0 Å². The highest BCUT2D eigenvalue weighted by molar-refractivity contribution is 5.75. The average molecular weight is 441 g/mol. The van der Waals surface area contributed by atoms with E-state index < -0.39 is 11.7 Å². The number of nitrogens with zero attached hydrogens (tertiary/aromatic N) is 4. The number of rotatable bonds is 4. The molecule has 9 heteroatoms. The number of imidazole rings is 2. The zero-order chi connectivity index (χ0) is 22.3. The summed E-state index contributed by atoms with van der Waals surface area (Å²) in [5, 5.41) is 0. The van der Waals surface area contributed by atoms with Crippen LogP contribution in [0.2, 0.25) is 0 Å². The van der Waals surface area contributed by atoms with Crippen molar-refractivity contribution in [3.8, 4) is 11.3 Å². The predicted octanol–water partition coefficient (Wildman–Crippen LogP) is 4.56. The summed E-state index contributed by atoms with van der Waals surface area (Å²) in [6, 6.07) is 13.0. The Labute approximate surface area is 182 Å². The van der Waals surface area contributed by atoms with Crippen molar-refractivity contribution in [2.24, 2.45) is 7.05 Å². The number of fused-ring (bicyclic) bond motifs is 1. The summed E-state index contributed by atoms with van der Waals surface area (Å²) >= 11 is 0. The van der Waals surface area contributed by atoms with Crippen LogP contribution in [0.15, 0.2) is 54.7 Å². The van der Waals surface area contributed by atoms with Crippen LogP contribution < -0.4 is 0 Å². The first-order valence-corrected chi connectivity index (χ1v) is 10.3. The number of benzene rings is 2. The normalized spacial score (nSPS) is 17.8. The number of aromatic nitrogens is 4. The van der Waals surface area contributed by atoms with Crippen molar-refractivity contribution in [1.82, 2.24) is 24.4 Å². The third kappa shape index (κ3) is 3.89. The van der Waals surface area contributed by atoms with Crippen molar-refractivity contribution >= 4 is 11.0 Å². The van der Waals surface area contributed by atoms with Gasteiger partial charge in [0.05, 0.1) is 54.3 Å². The van der Waals surface area contributed by atoms with Crippen molar-refractivity contribution < 1.29 is 17.9 Å². The van der Waals surface area contributed by atoms with E-state index in [1.807, 2.05) is 31.3 Å². The molecule has 1 fully saturated rings. The van der Waals surface area contributed by atoms with E-state index in [4.69, 9.17) is 9.72 Å². The van der Waals surface area contributed by atoms with E-state index in [1.165, 1.54) is 12.1 Å². The summed E-state index contributed by atoms with van der Waals surface area (Å²) in [6.07, 6.45) is -2.70. The second-order valence-corrected chi connectivity index (χ2v) is 7.89. The Morgan fingerprint density at radius 2 is 1.91 bits per heavy atom. The van der Waals surface area contributed by atoms with Crippen LogP contribution in [-0.2, 0) is 24.5 Å². The minimum atomic E-state index is -4.35. The largest absolute Gasteiger partial charge is 0.416 e. The predicted molar refractivity (Wildman–Crippen MR) is 114 cm³/mol. The Bertz CT molecular complexity index is 1230. The molecule has 6 nitrogen and oxygen atoms in total. The number of alkyl halides is 3. The molecule has 1 saturated heterocycles. The van der Waals surface area contributed by atoms with Crippen molar-refractivity contribution in [3.05, 3.63) is 71.9 Å². The number of halogens is 3. The molecule has 0 spiro atoms. The molecule has 4 aromatic rings.